The minimum atomic E-state index is 0.0373. The van der Waals surface area contributed by atoms with Gasteiger partial charge in [0.1, 0.15) is 0 Å². The van der Waals surface area contributed by atoms with Crippen molar-refractivity contribution >= 4 is 17.6 Å². The second-order valence-corrected chi connectivity index (χ2v) is 7.89. The molecule has 0 unspecified atom stereocenters. The zero-order valence-electron chi connectivity index (χ0n) is 15.3. The second kappa shape index (κ2) is 6.33. The number of hydrogen-bond acceptors (Lipinski definition) is 4. The highest BCUT2D eigenvalue weighted by molar-refractivity contribution is 6.30. The maximum Gasteiger partial charge on any atom is 0.246 e. The molecule has 6 nitrogen and oxygen atoms in total. The van der Waals surface area contributed by atoms with Gasteiger partial charge in [-0.2, -0.15) is 4.98 Å². The number of hydrogen-bond donors (Lipinski definition) is 1. The fraction of sp³-hybridized carbons (Fsp3) is 0.500. The molecule has 1 aromatic carbocycles. The summed E-state index contributed by atoms with van der Waals surface area (Å²) in [6.45, 7) is 10.4. The molecule has 1 aromatic heterocycles. The third-order valence-electron chi connectivity index (χ3n) is 5.30. The molecule has 0 atom stereocenters. The number of benzene rings is 1. The lowest BCUT2D eigenvalue weighted by atomic mass is 9.65. The quantitative estimate of drug-likeness (QED) is 0.668. The van der Waals surface area contributed by atoms with Gasteiger partial charge in [0.05, 0.1) is 6.54 Å². The van der Waals surface area contributed by atoms with Gasteiger partial charge in [-0.25, -0.2) is 0 Å². The topological polar surface area (TPSA) is 66.5 Å². The fourth-order valence-corrected chi connectivity index (χ4v) is 3.11. The van der Waals surface area contributed by atoms with E-state index in [9.17, 15) is 0 Å². The molecule has 0 aliphatic carbocycles. The molecular formula is C18H24ClN5O. The molecule has 0 amide bonds. The van der Waals surface area contributed by atoms with E-state index in [1.54, 1.807) is 7.05 Å². The number of likely N-dealkylation sites (tertiary alicyclic amines) is 1. The van der Waals surface area contributed by atoms with Crippen LogP contribution in [-0.2, 0) is 6.54 Å². The van der Waals surface area contributed by atoms with Gasteiger partial charge in [0.15, 0.2) is 5.96 Å². The lowest BCUT2D eigenvalue weighted by Crippen LogP contribution is -2.72. The van der Waals surface area contributed by atoms with Crippen LogP contribution in [0.2, 0.25) is 5.02 Å². The van der Waals surface area contributed by atoms with E-state index >= 15 is 0 Å². The third kappa shape index (κ3) is 3.23. The summed E-state index contributed by atoms with van der Waals surface area (Å²) in [4.78, 5) is 11.1. The molecule has 3 rings (SSSR count). The van der Waals surface area contributed by atoms with Gasteiger partial charge in [0, 0.05) is 35.1 Å². The average Bonchev–Trinajstić information content (AvgIpc) is 3.03. The van der Waals surface area contributed by atoms with Crippen LogP contribution in [0.3, 0.4) is 0 Å². The number of aliphatic imine (C=N–C) groups is 1. The van der Waals surface area contributed by atoms with Gasteiger partial charge >= 0.3 is 0 Å². The van der Waals surface area contributed by atoms with Crippen molar-refractivity contribution in [3.8, 4) is 11.4 Å². The van der Waals surface area contributed by atoms with Crippen molar-refractivity contribution in [1.29, 1.82) is 0 Å². The van der Waals surface area contributed by atoms with E-state index in [1.165, 1.54) is 0 Å². The first-order valence-electron chi connectivity index (χ1n) is 8.31. The molecular weight excluding hydrogens is 338 g/mol. The Morgan fingerprint density at radius 2 is 2.12 bits per heavy atom. The number of nitrogens with zero attached hydrogens (tertiary/aromatic N) is 4. The summed E-state index contributed by atoms with van der Waals surface area (Å²) in [6, 6.07) is 7.39. The Hall–Kier alpha value is -2.08. The molecule has 0 spiro atoms. The van der Waals surface area contributed by atoms with Crippen LogP contribution >= 0.6 is 11.6 Å². The van der Waals surface area contributed by atoms with Crippen LogP contribution in [0.4, 0.5) is 0 Å². The van der Waals surface area contributed by atoms with Gasteiger partial charge in [0.2, 0.25) is 11.7 Å². The number of nitrogens with one attached hydrogen (secondary N) is 1. The first-order valence-corrected chi connectivity index (χ1v) is 8.69. The molecule has 25 heavy (non-hydrogen) atoms. The molecule has 2 heterocycles. The van der Waals surface area contributed by atoms with Gasteiger partial charge in [-0.15, -0.1) is 0 Å². The minimum absolute atomic E-state index is 0.0373. The molecule has 7 heteroatoms. The summed E-state index contributed by atoms with van der Waals surface area (Å²) in [6.07, 6.45) is 0. The molecule has 1 aliphatic rings. The highest BCUT2D eigenvalue weighted by atomic mass is 35.5. The smallest absolute Gasteiger partial charge is 0.246 e. The van der Waals surface area contributed by atoms with Crippen LogP contribution in [0.15, 0.2) is 33.8 Å². The Bertz CT molecular complexity index is 796. The number of guanidine groups is 1. The largest absolute Gasteiger partial charge is 0.347 e. The lowest BCUT2D eigenvalue weighted by Gasteiger charge is -2.62. The van der Waals surface area contributed by atoms with E-state index in [0.717, 1.165) is 18.1 Å². The highest BCUT2D eigenvalue weighted by Gasteiger charge is 2.53. The van der Waals surface area contributed by atoms with Crippen molar-refractivity contribution in [1.82, 2.24) is 20.4 Å². The second-order valence-electron chi connectivity index (χ2n) is 7.45. The first kappa shape index (κ1) is 17.7. The van der Waals surface area contributed by atoms with Gasteiger partial charge in [-0.05, 0) is 26.0 Å². The predicted octanol–water partition coefficient (Wildman–Crippen LogP) is 3.59. The maximum absolute atomic E-state index is 6.01. The number of aromatic nitrogens is 2. The molecule has 0 bridgehead atoms. The van der Waals surface area contributed by atoms with Crippen LogP contribution in [0, 0.1) is 5.41 Å². The van der Waals surface area contributed by atoms with Crippen molar-refractivity contribution in [3.63, 3.8) is 0 Å². The molecule has 0 radical (unpaired) electrons. The zero-order chi connectivity index (χ0) is 18.2. The van der Waals surface area contributed by atoms with Crippen LogP contribution in [0.5, 0.6) is 0 Å². The Morgan fingerprint density at radius 1 is 1.36 bits per heavy atom. The van der Waals surface area contributed by atoms with E-state index in [2.05, 4.69) is 53.0 Å². The molecule has 2 aromatic rings. The Balaban J connectivity index is 1.66. The number of rotatable bonds is 3. The van der Waals surface area contributed by atoms with Crippen molar-refractivity contribution in [2.24, 2.45) is 10.4 Å². The monoisotopic (exact) mass is 361 g/mol. The minimum Gasteiger partial charge on any atom is -0.347 e. The van der Waals surface area contributed by atoms with Gasteiger partial charge in [-0.3, -0.25) is 4.99 Å². The van der Waals surface area contributed by atoms with Crippen molar-refractivity contribution in [2.75, 3.05) is 13.6 Å². The molecule has 1 fully saturated rings. The van der Waals surface area contributed by atoms with E-state index in [-0.39, 0.29) is 11.0 Å². The molecule has 1 aliphatic heterocycles. The van der Waals surface area contributed by atoms with Gasteiger partial charge in [0.25, 0.3) is 0 Å². The summed E-state index contributed by atoms with van der Waals surface area (Å²) >= 11 is 6.01. The highest BCUT2D eigenvalue weighted by Crippen LogP contribution is 2.46. The summed E-state index contributed by atoms with van der Waals surface area (Å²) in [5.74, 6) is 1.88. The van der Waals surface area contributed by atoms with Gasteiger partial charge in [-0.1, -0.05) is 42.7 Å². The van der Waals surface area contributed by atoms with E-state index in [0.29, 0.717) is 23.3 Å². The number of halogens is 1. The maximum atomic E-state index is 6.01. The Morgan fingerprint density at radius 3 is 2.72 bits per heavy atom. The SMILES string of the molecule is CN=C(NCc1nc(-c2cccc(Cl)c2)no1)N1CC(C)(C)C1(C)C. The normalized spacial score (nSPS) is 18.8. The zero-order valence-corrected chi connectivity index (χ0v) is 16.1. The van der Waals surface area contributed by atoms with Gasteiger partial charge < -0.3 is 14.7 Å². The molecule has 0 saturated carbocycles. The fourth-order valence-electron chi connectivity index (χ4n) is 2.92. The van der Waals surface area contributed by atoms with Crippen LogP contribution in [0.25, 0.3) is 11.4 Å². The van der Waals surface area contributed by atoms with Crippen LogP contribution < -0.4 is 5.32 Å². The summed E-state index contributed by atoms with van der Waals surface area (Å²) < 4.78 is 5.34. The van der Waals surface area contributed by atoms with E-state index < -0.39 is 0 Å². The Kier molecular flexibility index (Phi) is 4.49. The van der Waals surface area contributed by atoms with Crippen molar-refractivity contribution < 1.29 is 4.52 Å². The first-order chi connectivity index (χ1) is 11.7. The van der Waals surface area contributed by atoms with Crippen LogP contribution in [0.1, 0.15) is 33.6 Å². The summed E-state index contributed by atoms with van der Waals surface area (Å²) in [5, 5.41) is 7.98. The van der Waals surface area contributed by atoms with E-state index in [4.69, 9.17) is 16.1 Å². The van der Waals surface area contributed by atoms with Crippen molar-refractivity contribution in [2.45, 2.75) is 39.8 Å². The predicted molar refractivity (Wildman–Crippen MR) is 99.5 cm³/mol. The standard InChI is InChI=1S/C18H24ClN5O/c1-17(2)11-24(18(17,3)4)16(20-5)21-10-14-22-15(23-25-14)12-7-6-8-13(19)9-12/h6-9H,10-11H2,1-5H3,(H,20,21). The summed E-state index contributed by atoms with van der Waals surface area (Å²) in [7, 11) is 1.79. The van der Waals surface area contributed by atoms with Crippen LogP contribution in [-0.4, -0.2) is 40.1 Å². The Labute approximate surface area is 153 Å². The molecule has 134 valence electrons. The summed E-state index contributed by atoms with van der Waals surface area (Å²) in [5.41, 5.74) is 1.11. The average molecular weight is 362 g/mol. The third-order valence-corrected chi connectivity index (χ3v) is 5.54. The molecule has 1 N–H and O–H groups in total. The molecule has 1 saturated heterocycles. The van der Waals surface area contributed by atoms with Crippen molar-refractivity contribution in [3.05, 3.63) is 35.2 Å². The lowest BCUT2D eigenvalue weighted by molar-refractivity contribution is -0.0668. The van der Waals surface area contributed by atoms with E-state index in [1.807, 2.05) is 24.3 Å².